The Morgan fingerprint density at radius 3 is 2.93 bits per heavy atom. The molecule has 0 bridgehead atoms. The second kappa shape index (κ2) is 3.69. The SMILES string of the molecule is Clc1ccnc2ccc(SC3CC3)cc12. The third-order valence-corrected chi connectivity index (χ3v) is 4.15. The van der Waals surface area contributed by atoms with Crippen molar-refractivity contribution < 1.29 is 0 Å². The van der Waals surface area contributed by atoms with Crippen molar-refractivity contribution in [3.05, 3.63) is 35.5 Å². The van der Waals surface area contributed by atoms with Crippen molar-refractivity contribution >= 4 is 34.3 Å². The van der Waals surface area contributed by atoms with Crippen molar-refractivity contribution in [2.24, 2.45) is 0 Å². The summed E-state index contributed by atoms with van der Waals surface area (Å²) in [5, 5.41) is 2.68. The van der Waals surface area contributed by atoms with Crippen LogP contribution in [-0.2, 0) is 0 Å². The number of hydrogen-bond acceptors (Lipinski definition) is 2. The Kier molecular flexibility index (Phi) is 2.33. The molecule has 0 atom stereocenters. The first-order valence-electron chi connectivity index (χ1n) is 5.04. The molecule has 0 unspecified atom stereocenters. The minimum atomic E-state index is 0.790. The fraction of sp³-hybridized carbons (Fsp3) is 0.250. The number of pyridine rings is 1. The molecular formula is C12H10ClNS. The molecule has 1 aromatic heterocycles. The number of nitrogens with zero attached hydrogens (tertiary/aromatic N) is 1. The molecule has 1 fully saturated rings. The highest BCUT2D eigenvalue weighted by molar-refractivity contribution is 8.00. The van der Waals surface area contributed by atoms with Gasteiger partial charge in [0.15, 0.2) is 0 Å². The van der Waals surface area contributed by atoms with Crippen molar-refractivity contribution in [3.8, 4) is 0 Å². The third-order valence-electron chi connectivity index (χ3n) is 2.49. The van der Waals surface area contributed by atoms with Crippen LogP contribution < -0.4 is 0 Å². The van der Waals surface area contributed by atoms with Gasteiger partial charge in [-0.2, -0.15) is 0 Å². The number of thioether (sulfide) groups is 1. The van der Waals surface area contributed by atoms with E-state index < -0.39 is 0 Å². The zero-order valence-corrected chi connectivity index (χ0v) is 9.68. The molecule has 0 aliphatic heterocycles. The van der Waals surface area contributed by atoms with Crippen LogP contribution in [0.5, 0.6) is 0 Å². The molecule has 2 aromatic rings. The summed E-state index contributed by atoms with van der Waals surface area (Å²) >= 11 is 8.08. The summed E-state index contributed by atoms with van der Waals surface area (Å²) in [6, 6.07) is 8.17. The summed E-state index contributed by atoms with van der Waals surface area (Å²) in [4.78, 5) is 5.59. The predicted molar refractivity (Wildman–Crippen MR) is 65.6 cm³/mol. The van der Waals surface area contributed by atoms with Gasteiger partial charge in [-0.15, -0.1) is 11.8 Å². The Hall–Kier alpha value is -0.730. The quantitative estimate of drug-likeness (QED) is 0.776. The standard InChI is InChI=1S/C12H10ClNS/c13-11-5-6-14-12-4-3-9(7-10(11)12)15-8-1-2-8/h3-8H,1-2H2. The average Bonchev–Trinajstić information content (AvgIpc) is 3.03. The average molecular weight is 236 g/mol. The van der Waals surface area contributed by atoms with Gasteiger partial charge in [-0.3, -0.25) is 4.98 Å². The van der Waals surface area contributed by atoms with E-state index in [4.69, 9.17) is 11.6 Å². The van der Waals surface area contributed by atoms with Gasteiger partial charge in [0, 0.05) is 21.7 Å². The lowest BCUT2D eigenvalue weighted by Gasteiger charge is -2.03. The Morgan fingerprint density at radius 2 is 2.13 bits per heavy atom. The topological polar surface area (TPSA) is 12.9 Å². The first-order valence-corrected chi connectivity index (χ1v) is 6.29. The van der Waals surface area contributed by atoms with Gasteiger partial charge in [-0.1, -0.05) is 11.6 Å². The Labute approximate surface area is 97.8 Å². The number of halogens is 1. The Balaban J connectivity index is 2.07. The normalized spacial score (nSPS) is 15.8. The highest BCUT2D eigenvalue weighted by Gasteiger charge is 2.22. The van der Waals surface area contributed by atoms with E-state index in [0.717, 1.165) is 21.2 Å². The van der Waals surface area contributed by atoms with E-state index in [1.165, 1.54) is 17.7 Å². The zero-order chi connectivity index (χ0) is 10.3. The molecule has 3 rings (SSSR count). The number of fused-ring (bicyclic) bond motifs is 1. The van der Waals surface area contributed by atoms with Crippen LogP contribution in [0, 0.1) is 0 Å². The number of hydrogen-bond donors (Lipinski definition) is 0. The molecule has 0 saturated heterocycles. The van der Waals surface area contributed by atoms with Crippen LogP contribution >= 0.6 is 23.4 Å². The lowest BCUT2D eigenvalue weighted by molar-refractivity contribution is 1.38. The van der Waals surface area contributed by atoms with E-state index in [1.54, 1.807) is 6.20 Å². The lowest BCUT2D eigenvalue weighted by atomic mass is 10.2. The van der Waals surface area contributed by atoms with E-state index in [2.05, 4.69) is 17.1 Å². The molecule has 1 saturated carbocycles. The van der Waals surface area contributed by atoms with Crippen LogP contribution in [0.4, 0.5) is 0 Å². The van der Waals surface area contributed by atoms with Crippen LogP contribution in [0.15, 0.2) is 35.4 Å². The van der Waals surface area contributed by atoms with Crippen molar-refractivity contribution in [2.75, 3.05) is 0 Å². The molecule has 1 aliphatic rings. The fourth-order valence-corrected chi connectivity index (χ4v) is 2.84. The minimum Gasteiger partial charge on any atom is -0.256 e. The molecule has 0 N–H and O–H groups in total. The maximum Gasteiger partial charge on any atom is 0.0717 e. The molecule has 0 amide bonds. The molecule has 15 heavy (non-hydrogen) atoms. The minimum absolute atomic E-state index is 0.790. The summed E-state index contributed by atoms with van der Waals surface area (Å²) in [6.45, 7) is 0. The van der Waals surface area contributed by atoms with E-state index >= 15 is 0 Å². The molecule has 0 spiro atoms. The summed E-state index contributed by atoms with van der Waals surface area (Å²) in [5.74, 6) is 0. The first kappa shape index (κ1) is 9.49. The van der Waals surface area contributed by atoms with E-state index in [0.29, 0.717) is 0 Å². The van der Waals surface area contributed by atoms with Crippen LogP contribution in [0.3, 0.4) is 0 Å². The summed E-state index contributed by atoms with van der Waals surface area (Å²) < 4.78 is 0. The number of aromatic nitrogens is 1. The summed E-state index contributed by atoms with van der Waals surface area (Å²) in [7, 11) is 0. The maximum atomic E-state index is 6.13. The Morgan fingerprint density at radius 1 is 1.27 bits per heavy atom. The largest absolute Gasteiger partial charge is 0.256 e. The molecule has 0 radical (unpaired) electrons. The zero-order valence-electron chi connectivity index (χ0n) is 8.11. The highest BCUT2D eigenvalue weighted by Crippen LogP contribution is 2.40. The van der Waals surface area contributed by atoms with E-state index in [1.807, 2.05) is 23.9 Å². The molecule has 76 valence electrons. The van der Waals surface area contributed by atoms with Gasteiger partial charge in [0.1, 0.15) is 0 Å². The van der Waals surface area contributed by atoms with Crippen LogP contribution in [0.2, 0.25) is 5.02 Å². The number of benzene rings is 1. The molecule has 1 nitrogen and oxygen atoms in total. The van der Waals surface area contributed by atoms with Crippen molar-refractivity contribution in [3.63, 3.8) is 0 Å². The van der Waals surface area contributed by atoms with Crippen LogP contribution in [0.1, 0.15) is 12.8 Å². The van der Waals surface area contributed by atoms with Gasteiger partial charge in [0.2, 0.25) is 0 Å². The van der Waals surface area contributed by atoms with Crippen molar-refractivity contribution in [1.82, 2.24) is 4.98 Å². The molecule has 3 heteroatoms. The van der Waals surface area contributed by atoms with Crippen molar-refractivity contribution in [2.45, 2.75) is 23.0 Å². The van der Waals surface area contributed by atoms with Gasteiger partial charge in [0.25, 0.3) is 0 Å². The second-order valence-electron chi connectivity index (χ2n) is 3.79. The molecule has 1 heterocycles. The van der Waals surface area contributed by atoms with Crippen LogP contribution in [-0.4, -0.2) is 10.2 Å². The van der Waals surface area contributed by atoms with Gasteiger partial charge >= 0.3 is 0 Å². The molecular weight excluding hydrogens is 226 g/mol. The molecule has 1 aliphatic carbocycles. The highest BCUT2D eigenvalue weighted by atomic mass is 35.5. The van der Waals surface area contributed by atoms with Gasteiger partial charge < -0.3 is 0 Å². The van der Waals surface area contributed by atoms with E-state index in [-0.39, 0.29) is 0 Å². The predicted octanol–water partition coefficient (Wildman–Crippen LogP) is 4.14. The van der Waals surface area contributed by atoms with Gasteiger partial charge in [-0.05, 0) is 37.1 Å². The summed E-state index contributed by atoms with van der Waals surface area (Å²) in [5.41, 5.74) is 0.975. The second-order valence-corrected chi connectivity index (χ2v) is 5.57. The van der Waals surface area contributed by atoms with Gasteiger partial charge in [0.05, 0.1) is 10.5 Å². The molecule has 1 aromatic carbocycles. The smallest absolute Gasteiger partial charge is 0.0717 e. The fourth-order valence-electron chi connectivity index (χ4n) is 1.54. The summed E-state index contributed by atoms with van der Waals surface area (Å²) in [6.07, 6.45) is 4.45. The first-order chi connectivity index (χ1) is 7.33. The lowest BCUT2D eigenvalue weighted by Crippen LogP contribution is -1.81. The van der Waals surface area contributed by atoms with E-state index in [9.17, 15) is 0 Å². The van der Waals surface area contributed by atoms with Gasteiger partial charge in [-0.25, -0.2) is 0 Å². The van der Waals surface area contributed by atoms with Crippen molar-refractivity contribution in [1.29, 1.82) is 0 Å². The third kappa shape index (κ3) is 1.97. The monoisotopic (exact) mass is 235 g/mol. The number of rotatable bonds is 2. The maximum absolute atomic E-state index is 6.13. The Bertz CT molecular complexity index is 508. The van der Waals surface area contributed by atoms with Crippen LogP contribution in [0.25, 0.3) is 10.9 Å².